The highest BCUT2D eigenvalue weighted by molar-refractivity contribution is 5.68. The molecule has 0 aliphatic heterocycles. The Balaban J connectivity index is 2.45. The molecular weight excluding hydrogens is 238 g/mol. The van der Waals surface area contributed by atoms with Gasteiger partial charge in [0.05, 0.1) is 18.5 Å². The van der Waals surface area contributed by atoms with E-state index in [1.807, 2.05) is 17.8 Å². The lowest BCUT2D eigenvalue weighted by Gasteiger charge is -2.17. The molecule has 104 valence electrons. The third-order valence-electron chi connectivity index (χ3n) is 3.11. The Labute approximate surface area is 114 Å². The molecule has 0 radical (unpaired) electrons. The second kappa shape index (κ2) is 5.21. The van der Waals surface area contributed by atoms with Gasteiger partial charge < -0.3 is 9.73 Å². The van der Waals surface area contributed by atoms with Crippen LogP contribution in [0.3, 0.4) is 0 Å². The average Bonchev–Trinajstić information content (AvgIpc) is 2.91. The standard InChI is InChI=1S/C15H23N3O/c1-6-16-9-13-11(7-8-19-13)12-10-18(5)17-14(12)15(2,3)4/h7-8,10,16H,6,9H2,1-5H3. The van der Waals surface area contributed by atoms with Crippen LogP contribution in [0.4, 0.5) is 0 Å². The molecule has 0 unspecified atom stereocenters. The molecule has 0 amide bonds. The molecule has 2 aromatic rings. The van der Waals surface area contributed by atoms with Crippen molar-refractivity contribution in [3.05, 3.63) is 30.0 Å². The van der Waals surface area contributed by atoms with Gasteiger partial charge in [-0.2, -0.15) is 5.10 Å². The Morgan fingerprint density at radius 1 is 1.32 bits per heavy atom. The van der Waals surface area contributed by atoms with Gasteiger partial charge in [0.2, 0.25) is 0 Å². The first kappa shape index (κ1) is 13.9. The second-order valence-corrected chi connectivity index (χ2v) is 5.85. The zero-order valence-corrected chi connectivity index (χ0v) is 12.4. The molecule has 0 spiro atoms. The molecule has 1 N–H and O–H groups in total. The van der Waals surface area contributed by atoms with Gasteiger partial charge in [0, 0.05) is 29.8 Å². The molecule has 2 aromatic heterocycles. The summed E-state index contributed by atoms with van der Waals surface area (Å²) in [7, 11) is 1.96. The molecule has 0 saturated carbocycles. The number of hydrogen-bond donors (Lipinski definition) is 1. The minimum atomic E-state index is 0.0172. The van der Waals surface area contributed by atoms with Gasteiger partial charge in [0.15, 0.2) is 0 Å². The average molecular weight is 261 g/mol. The Bertz CT molecular complexity index is 546. The fourth-order valence-corrected chi connectivity index (χ4v) is 2.20. The first-order valence-electron chi connectivity index (χ1n) is 6.75. The van der Waals surface area contributed by atoms with Gasteiger partial charge in [-0.1, -0.05) is 27.7 Å². The molecule has 0 saturated heterocycles. The van der Waals surface area contributed by atoms with Crippen LogP contribution in [0.2, 0.25) is 0 Å². The molecule has 2 rings (SSSR count). The topological polar surface area (TPSA) is 43.0 Å². The Hall–Kier alpha value is -1.55. The minimum absolute atomic E-state index is 0.0172. The number of furan rings is 1. The van der Waals surface area contributed by atoms with E-state index in [0.717, 1.165) is 35.7 Å². The largest absolute Gasteiger partial charge is 0.467 e. The molecule has 0 atom stereocenters. The first-order chi connectivity index (χ1) is 8.93. The van der Waals surface area contributed by atoms with Crippen LogP contribution in [-0.4, -0.2) is 16.3 Å². The zero-order valence-electron chi connectivity index (χ0n) is 12.4. The van der Waals surface area contributed by atoms with Crippen LogP contribution in [-0.2, 0) is 19.0 Å². The van der Waals surface area contributed by atoms with E-state index in [-0.39, 0.29) is 5.41 Å². The van der Waals surface area contributed by atoms with Gasteiger partial charge in [-0.15, -0.1) is 0 Å². The summed E-state index contributed by atoms with van der Waals surface area (Å²) < 4.78 is 7.47. The van der Waals surface area contributed by atoms with E-state index in [9.17, 15) is 0 Å². The van der Waals surface area contributed by atoms with Crippen LogP contribution in [0.5, 0.6) is 0 Å². The first-order valence-corrected chi connectivity index (χ1v) is 6.75. The van der Waals surface area contributed by atoms with Gasteiger partial charge >= 0.3 is 0 Å². The molecule has 0 fully saturated rings. The van der Waals surface area contributed by atoms with Crippen molar-refractivity contribution in [2.75, 3.05) is 6.54 Å². The van der Waals surface area contributed by atoms with Crippen LogP contribution >= 0.6 is 0 Å². The maximum atomic E-state index is 5.60. The number of nitrogens with one attached hydrogen (secondary N) is 1. The second-order valence-electron chi connectivity index (χ2n) is 5.85. The third kappa shape index (κ3) is 2.89. The van der Waals surface area contributed by atoms with Crippen LogP contribution < -0.4 is 5.32 Å². The quantitative estimate of drug-likeness (QED) is 0.919. The Kier molecular flexibility index (Phi) is 3.80. The summed E-state index contributed by atoms with van der Waals surface area (Å²) in [6.45, 7) is 10.3. The predicted octanol–water partition coefficient (Wildman–Crippen LogP) is 3.09. The van der Waals surface area contributed by atoms with E-state index < -0.39 is 0 Å². The fourth-order valence-electron chi connectivity index (χ4n) is 2.20. The van der Waals surface area contributed by atoms with E-state index in [1.165, 1.54) is 0 Å². The summed E-state index contributed by atoms with van der Waals surface area (Å²) in [5.74, 6) is 0.973. The summed E-state index contributed by atoms with van der Waals surface area (Å²) >= 11 is 0. The number of aryl methyl sites for hydroxylation is 1. The van der Waals surface area contributed by atoms with Gasteiger partial charge in [0.1, 0.15) is 5.76 Å². The lowest BCUT2D eigenvalue weighted by Crippen LogP contribution is -2.14. The smallest absolute Gasteiger partial charge is 0.125 e. The third-order valence-corrected chi connectivity index (χ3v) is 3.11. The molecule has 2 heterocycles. The molecule has 0 aromatic carbocycles. The molecule has 0 aliphatic carbocycles. The van der Waals surface area contributed by atoms with Crippen molar-refractivity contribution in [3.8, 4) is 11.1 Å². The van der Waals surface area contributed by atoms with E-state index in [2.05, 4.69) is 44.3 Å². The lowest BCUT2D eigenvalue weighted by molar-refractivity contribution is 0.488. The van der Waals surface area contributed by atoms with Crippen molar-refractivity contribution in [2.24, 2.45) is 7.05 Å². The summed E-state index contributed by atoms with van der Waals surface area (Å²) in [5, 5.41) is 7.92. The highest BCUT2D eigenvalue weighted by Gasteiger charge is 2.24. The normalized spacial score (nSPS) is 12.1. The Morgan fingerprint density at radius 3 is 2.68 bits per heavy atom. The van der Waals surface area contributed by atoms with Crippen molar-refractivity contribution < 1.29 is 4.42 Å². The van der Waals surface area contributed by atoms with Gasteiger partial charge in [-0.05, 0) is 12.6 Å². The summed E-state index contributed by atoms with van der Waals surface area (Å²) in [4.78, 5) is 0. The number of aromatic nitrogens is 2. The SMILES string of the molecule is CCNCc1occc1-c1cn(C)nc1C(C)(C)C. The van der Waals surface area contributed by atoms with E-state index in [1.54, 1.807) is 6.26 Å². The number of nitrogens with zero attached hydrogens (tertiary/aromatic N) is 2. The van der Waals surface area contributed by atoms with Crippen LogP contribution in [0.25, 0.3) is 11.1 Å². The van der Waals surface area contributed by atoms with Gasteiger partial charge in [-0.25, -0.2) is 0 Å². The van der Waals surface area contributed by atoms with Gasteiger partial charge in [-0.3, -0.25) is 4.68 Å². The van der Waals surface area contributed by atoms with Crippen molar-refractivity contribution >= 4 is 0 Å². The molecule has 0 aliphatic rings. The maximum Gasteiger partial charge on any atom is 0.125 e. The van der Waals surface area contributed by atoms with Crippen LogP contribution in [0.1, 0.15) is 39.1 Å². The number of rotatable bonds is 4. The minimum Gasteiger partial charge on any atom is -0.467 e. The number of hydrogen-bond acceptors (Lipinski definition) is 3. The van der Waals surface area contributed by atoms with E-state index in [4.69, 9.17) is 4.42 Å². The highest BCUT2D eigenvalue weighted by atomic mass is 16.3. The molecular formula is C15H23N3O. The lowest BCUT2D eigenvalue weighted by atomic mass is 9.87. The summed E-state index contributed by atoms with van der Waals surface area (Å²) in [6.07, 6.45) is 3.82. The fraction of sp³-hybridized carbons (Fsp3) is 0.533. The summed E-state index contributed by atoms with van der Waals surface area (Å²) in [6, 6.07) is 2.03. The van der Waals surface area contributed by atoms with Crippen molar-refractivity contribution in [2.45, 2.75) is 39.7 Å². The van der Waals surface area contributed by atoms with Crippen LogP contribution in [0, 0.1) is 0 Å². The van der Waals surface area contributed by atoms with Crippen molar-refractivity contribution in [1.29, 1.82) is 0 Å². The molecule has 4 nitrogen and oxygen atoms in total. The Morgan fingerprint density at radius 2 is 2.05 bits per heavy atom. The van der Waals surface area contributed by atoms with E-state index in [0.29, 0.717) is 0 Å². The van der Waals surface area contributed by atoms with Crippen molar-refractivity contribution in [1.82, 2.24) is 15.1 Å². The van der Waals surface area contributed by atoms with E-state index >= 15 is 0 Å². The zero-order chi connectivity index (χ0) is 14.0. The van der Waals surface area contributed by atoms with Gasteiger partial charge in [0.25, 0.3) is 0 Å². The monoisotopic (exact) mass is 261 g/mol. The van der Waals surface area contributed by atoms with Crippen LogP contribution in [0.15, 0.2) is 22.9 Å². The summed E-state index contributed by atoms with van der Waals surface area (Å²) in [5.41, 5.74) is 3.42. The molecule has 4 heteroatoms. The molecule has 0 bridgehead atoms. The van der Waals surface area contributed by atoms with Crippen molar-refractivity contribution in [3.63, 3.8) is 0 Å². The predicted molar refractivity (Wildman–Crippen MR) is 77.0 cm³/mol. The highest BCUT2D eigenvalue weighted by Crippen LogP contribution is 2.34. The molecule has 19 heavy (non-hydrogen) atoms. The maximum absolute atomic E-state index is 5.60.